The highest BCUT2D eigenvalue weighted by molar-refractivity contribution is 7.97. The van der Waals surface area contributed by atoms with Gasteiger partial charge >= 0.3 is 0 Å². The number of nitrogens with one attached hydrogen (secondary N) is 3. The fraction of sp³-hybridized carbons (Fsp3) is 0.261. The molecule has 3 heterocycles. The third kappa shape index (κ3) is 4.21. The van der Waals surface area contributed by atoms with E-state index < -0.39 is 0 Å². The number of aromatic nitrogens is 4. The van der Waals surface area contributed by atoms with Crippen LogP contribution in [0.25, 0.3) is 22.3 Å². The molecule has 5 rings (SSSR count). The third-order valence-electron chi connectivity index (χ3n) is 5.65. The van der Waals surface area contributed by atoms with E-state index in [1.54, 1.807) is 11.9 Å². The zero-order chi connectivity index (χ0) is 21.9. The van der Waals surface area contributed by atoms with Gasteiger partial charge in [-0.1, -0.05) is 6.07 Å². The number of benzene rings is 1. The number of anilines is 1. The summed E-state index contributed by atoms with van der Waals surface area (Å²) < 4.78 is 5.38. The van der Waals surface area contributed by atoms with Crippen molar-refractivity contribution in [3.05, 3.63) is 60.6 Å². The molecule has 1 fully saturated rings. The fourth-order valence-electron chi connectivity index (χ4n) is 3.94. The molecule has 8 nitrogen and oxygen atoms in total. The van der Waals surface area contributed by atoms with E-state index in [-0.39, 0.29) is 0 Å². The van der Waals surface area contributed by atoms with Crippen LogP contribution in [0.3, 0.4) is 0 Å². The lowest BCUT2D eigenvalue weighted by Gasteiger charge is -2.37. The first-order valence-electron chi connectivity index (χ1n) is 10.6. The number of aromatic amines is 1. The summed E-state index contributed by atoms with van der Waals surface area (Å²) in [5.41, 5.74) is 10.2. The second-order valence-electron chi connectivity index (χ2n) is 7.91. The highest BCUT2D eigenvalue weighted by Crippen LogP contribution is 2.36. The molecule has 0 atom stereocenters. The number of hydrogen-bond acceptors (Lipinski definition) is 7. The van der Waals surface area contributed by atoms with Crippen molar-refractivity contribution < 1.29 is 0 Å². The summed E-state index contributed by atoms with van der Waals surface area (Å²) in [6.45, 7) is 1.24. The van der Waals surface area contributed by atoms with E-state index in [0.29, 0.717) is 30.7 Å². The summed E-state index contributed by atoms with van der Waals surface area (Å²) in [6.07, 6.45) is 7.77. The van der Waals surface area contributed by atoms with Crippen LogP contribution in [0.1, 0.15) is 18.4 Å². The summed E-state index contributed by atoms with van der Waals surface area (Å²) in [5.74, 6) is 0. The van der Waals surface area contributed by atoms with Crippen LogP contribution in [0.5, 0.6) is 0 Å². The predicted molar refractivity (Wildman–Crippen MR) is 127 cm³/mol. The van der Waals surface area contributed by atoms with Gasteiger partial charge in [-0.25, -0.2) is 4.98 Å². The largest absolute Gasteiger partial charge is 0.381 e. The molecule has 1 aliphatic rings. The molecule has 162 valence electrons. The molecule has 1 saturated carbocycles. The van der Waals surface area contributed by atoms with Gasteiger partial charge in [0.2, 0.25) is 0 Å². The molecular weight excluding hydrogens is 420 g/mol. The lowest BCUT2D eigenvalue weighted by molar-refractivity contribution is 0.355. The molecule has 4 aromatic rings. The molecule has 3 aromatic heterocycles. The molecule has 32 heavy (non-hydrogen) atoms. The van der Waals surface area contributed by atoms with Gasteiger partial charge in [0.25, 0.3) is 0 Å². The average molecular weight is 445 g/mol. The molecule has 1 aliphatic carbocycles. The summed E-state index contributed by atoms with van der Waals surface area (Å²) in [7, 11) is 0. The molecule has 0 saturated heterocycles. The Kier molecular flexibility index (Phi) is 5.81. The highest BCUT2D eigenvalue weighted by Gasteiger charge is 2.30. The lowest BCUT2D eigenvalue weighted by Crippen LogP contribution is -2.45. The van der Waals surface area contributed by atoms with E-state index in [0.717, 1.165) is 45.7 Å². The number of hydrogen-bond donors (Lipinski definition) is 4. The number of nitrogens with two attached hydrogens (primary N) is 1. The van der Waals surface area contributed by atoms with Crippen molar-refractivity contribution in [3.63, 3.8) is 0 Å². The van der Waals surface area contributed by atoms with Crippen molar-refractivity contribution in [1.29, 1.82) is 5.26 Å². The van der Waals surface area contributed by atoms with Gasteiger partial charge < -0.3 is 16.0 Å². The number of nitriles is 1. The molecule has 1 aromatic carbocycles. The minimum Gasteiger partial charge on any atom is -0.381 e. The monoisotopic (exact) mass is 444 g/mol. The van der Waals surface area contributed by atoms with Crippen molar-refractivity contribution in [2.45, 2.75) is 36.4 Å². The zero-order valence-corrected chi connectivity index (χ0v) is 18.3. The van der Waals surface area contributed by atoms with Crippen LogP contribution in [0.4, 0.5) is 5.69 Å². The Morgan fingerprint density at radius 3 is 3.00 bits per heavy atom. The van der Waals surface area contributed by atoms with E-state index in [1.807, 2.05) is 53.6 Å². The Labute approximate surface area is 190 Å². The number of H-pyrrole nitrogens is 1. The Hall–Kier alpha value is -3.32. The molecule has 0 spiro atoms. The van der Waals surface area contributed by atoms with Crippen LogP contribution in [-0.4, -0.2) is 38.4 Å². The van der Waals surface area contributed by atoms with Gasteiger partial charge in [0.15, 0.2) is 0 Å². The second-order valence-corrected chi connectivity index (χ2v) is 8.82. The first-order valence-corrected chi connectivity index (χ1v) is 11.4. The van der Waals surface area contributed by atoms with Crippen molar-refractivity contribution in [3.8, 4) is 17.3 Å². The fourth-order valence-corrected chi connectivity index (χ4v) is 4.76. The van der Waals surface area contributed by atoms with E-state index in [4.69, 9.17) is 11.0 Å². The van der Waals surface area contributed by atoms with E-state index >= 15 is 0 Å². The second kappa shape index (κ2) is 9.04. The minimum absolute atomic E-state index is 0.365. The Morgan fingerprint density at radius 1 is 1.25 bits per heavy atom. The molecule has 0 unspecified atom stereocenters. The van der Waals surface area contributed by atoms with Gasteiger partial charge in [-0.2, -0.15) is 10.4 Å². The van der Waals surface area contributed by atoms with Gasteiger partial charge in [0.05, 0.1) is 29.6 Å². The van der Waals surface area contributed by atoms with E-state index in [1.165, 1.54) is 0 Å². The van der Waals surface area contributed by atoms with Crippen molar-refractivity contribution in [2.75, 3.05) is 11.9 Å². The summed E-state index contributed by atoms with van der Waals surface area (Å²) in [4.78, 5) is 8.82. The van der Waals surface area contributed by atoms with Crippen LogP contribution < -0.4 is 15.8 Å². The summed E-state index contributed by atoms with van der Waals surface area (Å²) in [5, 5.41) is 18.5. The Morgan fingerprint density at radius 2 is 2.16 bits per heavy atom. The number of fused-ring (bicyclic) bond motifs is 1. The smallest absolute Gasteiger partial charge is 0.139 e. The SMILES string of the molecule is N#Cc1cccc(SNC2CC(Nc3c(-c4ccn(CCN)n4)cnc4[nH]ccc34)C2)c1. The molecular formula is C23H24N8S. The molecule has 0 aliphatic heterocycles. The zero-order valence-electron chi connectivity index (χ0n) is 17.5. The maximum atomic E-state index is 9.06. The van der Waals surface area contributed by atoms with Crippen LogP contribution in [-0.2, 0) is 6.54 Å². The van der Waals surface area contributed by atoms with Gasteiger partial charge in [-0.3, -0.25) is 9.40 Å². The van der Waals surface area contributed by atoms with Gasteiger partial charge in [0.1, 0.15) is 5.65 Å². The average Bonchev–Trinajstić information content (AvgIpc) is 3.45. The molecule has 5 N–H and O–H groups in total. The standard InChI is InChI=1S/C23H24N8S/c24-6-9-31-8-5-21(29-31)20-14-27-23-19(4-7-26-23)22(20)28-16-11-17(12-16)30-32-18-3-1-2-15(10-18)13-25/h1-5,7-8,10,14,16-17,30H,6,9,11-12,24H2,(H2,26,27,28). The van der Waals surface area contributed by atoms with Gasteiger partial charge in [-0.05, 0) is 55.1 Å². The van der Waals surface area contributed by atoms with Gasteiger partial charge in [0, 0.05) is 53.1 Å². The van der Waals surface area contributed by atoms with Crippen LogP contribution >= 0.6 is 11.9 Å². The quantitative estimate of drug-likeness (QED) is 0.307. The van der Waals surface area contributed by atoms with E-state index in [2.05, 4.69) is 37.2 Å². The van der Waals surface area contributed by atoms with Gasteiger partial charge in [-0.15, -0.1) is 0 Å². The van der Waals surface area contributed by atoms with Crippen molar-refractivity contribution in [1.82, 2.24) is 24.5 Å². The minimum atomic E-state index is 0.365. The lowest BCUT2D eigenvalue weighted by atomic mass is 9.87. The highest BCUT2D eigenvalue weighted by atomic mass is 32.2. The predicted octanol–water partition coefficient (Wildman–Crippen LogP) is 3.50. The van der Waals surface area contributed by atoms with Crippen LogP contribution in [0.15, 0.2) is 59.9 Å². The summed E-state index contributed by atoms with van der Waals surface area (Å²) in [6, 6.07) is 14.7. The summed E-state index contributed by atoms with van der Waals surface area (Å²) >= 11 is 1.59. The number of pyridine rings is 1. The maximum Gasteiger partial charge on any atom is 0.139 e. The van der Waals surface area contributed by atoms with Crippen LogP contribution in [0, 0.1) is 11.3 Å². The van der Waals surface area contributed by atoms with Crippen molar-refractivity contribution >= 4 is 28.7 Å². The van der Waals surface area contributed by atoms with Crippen LogP contribution in [0.2, 0.25) is 0 Å². The molecule has 0 bridgehead atoms. The third-order valence-corrected chi connectivity index (χ3v) is 6.60. The Balaban J connectivity index is 1.27. The first-order chi connectivity index (χ1) is 15.7. The number of rotatable bonds is 8. The molecule has 0 amide bonds. The maximum absolute atomic E-state index is 9.06. The molecule has 0 radical (unpaired) electrons. The number of nitrogens with zero attached hydrogens (tertiary/aromatic N) is 4. The van der Waals surface area contributed by atoms with Crippen molar-refractivity contribution in [2.24, 2.45) is 5.73 Å². The normalized spacial score (nSPS) is 17.8. The Bertz CT molecular complexity index is 1260. The first kappa shape index (κ1) is 20.6. The molecule has 9 heteroatoms. The topological polar surface area (TPSA) is 120 Å². The van der Waals surface area contributed by atoms with E-state index in [9.17, 15) is 0 Å².